The van der Waals surface area contributed by atoms with Crippen molar-refractivity contribution in [3.63, 3.8) is 0 Å². The van der Waals surface area contributed by atoms with Crippen molar-refractivity contribution in [1.29, 1.82) is 0 Å². The molecule has 7 heteroatoms. The number of carbonyl (C=O) groups excluding carboxylic acids is 2. The first-order chi connectivity index (χ1) is 9.97. The van der Waals surface area contributed by atoms with E-state index in [1.165, 1.54) is 18.2 Å². The van der Waals surface area contributed by atoms with Crippen molar-refractivity contribution >= 4 is 23.2 Å². The summed E-state index contributed by atoms with van der Waals surface area (Å²) < 4.78 is 13.6. The van der Waals surface area contributed by atoms with Crippen LogP contribution in [0, 0.1) is 5.82 Å². The molecule has 0 radical (unpaired) electrons. The second-order valence-corrected chi connectivity index (χ2v) is 5.08. The summed E-state index contributed by atoms with van der Waals surface area (Å²) in [5.74, 6) is -1.02. The third-order valence-corrected chi connectivity index (χ3v) is 3.47. The molecular formula is C14H19FN4O2. The lowest BCUT2D eigenvalue weighted by atomic mass is 10.2. The fourth-order valence-corrected chi connectivity index (χ4v) is 2.20. The molecule has 0 aromatic heterocycles. The van der Waals surface area contributed by atoms with Gasteiger partial charge in [0.25, 0.3) is 0 Å². The van der Waals surface area contributed by atoms with Crippen LogP contribution in [0.1, 0.15) is 13.3 Å². The highest BCUT2D eigenvalue weighted by Crippen LogP contribution is 2.18. The van der Waals surface area contributed by atoms with Crippen LogP contribution in [0.2, 0.25) is 0 Å². The van der Waals surface area contributed by atoms with Gasteiger partial charge in [-0.05, 0) is 31.5 Å². The van der Waals surface area contributed by atoms with Gasteiger partial charge in [-0.1, -0.05) is 0 Å². The number of anilines is 2. The minimum Gasteiger partial charge on any atom is -0.399 e. The molecule has 0 bridgehead atoms. The molecule has 1 aliphatic heterocycles. The van der Waals surface area contributed by atoms with Crippen LogP contribution in [-0.4, -0.2) is 42.4 Å². The van der Waals surface area contributed by atoms with Crippen molar-refractivity contribution in [2.45, 2.75) is 19.4 Å². The first-order valence-electron chi connectivity index (χ1n) is 6.84. The number of carbonyl (C=O) groups is 2. The molecular weight excluding hydrogens is 275 g/mol. The molecule has 1 aromatic carbocycles. The molecule has 4 N–H and O–H groups in total. The lowest BCUT2D eigenvalue weighted by Crippen LogP contribution is -2.45. The average molecular weight is 294 g/mol. The van der Waals surface area contributed by atoms with Crippen molar-refractivity contribution < 1.29 is 14.0 Å². The van der Waals surface area contributed by atoms with E-state index in [-0.39, 0.29) is 24.0 Å². The van der Waals surface area contributed by atoms with Gasteiger partial charge >= 0.3 is 0 Å². The van der Waals surface area contributed by atoms with Crippen LogP contribution in [0.5, 0.6) is 0 Å². The van der Waals surface area contributed by atoms with E-state index in [4.69, 9.17) is 5.73 Å². The highest BCUT2D eigenvalue weighted by molar-refractivity contribution is 5.95. The van der Waals surface area contributed by atoms with Crippen LogP contribution in [-0.2, 0) is 9.59 Å². The van der Waals surface area contributed by atoms with Gasteiger partial charge in [0.05, 0.1) is 18.3 Å². The number of nitrogens with one attached hydrogen (secondary N) is 2. The molecule has 1 unspecified atom stereocenters. The maximum absolute atomic E-state index is 13.6. The number of nitrogen functional groups attached to an aromatic ring is 1. The number of benzene rings is 1. The minimum atomic E-state index is -0.543. The van der Waals surface area contributed by atoms with E-state index < -0.39 is 11.9 Å². The van der Waals surface area contributed by atoms with Gasteiger partial charge in [-0.3, -0.25) is 14.5 Å². The van der Waals surface area contributed by atoms with E-state index in [1.54, 1.807) is 11.8 Å². The molecule has 1 aromatic rings. The third-order valence-electron chi connectivity index (χ3n) is 3.47. The Hall–Kier alpha value is -2.15. The number of nitrogens with two attached hydrogens (primary N) is 1. The quantitative estimate of drug-likeness (QED) is 0.711. The predicted molar refractivity (Wildman–Crippen MR) is 78.1 cm³/mol. The van der Waals surface area contributed by atoms with Gasteiger partial charge < -0.3 is 16.4 Å². The molecule has 0 spiro atoms. The molecule has 114 valence electrons. The standard InChI is InChI=1S/C14H19FN4O2/c1-9(19-6-2-5-17-13(20)8-19)14(21)18-12-7-10(16)3-4-11(12)15/h3-4,7,9H,2,5-6,8,16H2,1H3,(H,17,20)(H,18,21). The Morgan fingerprint density at radius 2 is 2.29 bits per heavy atom. The molecule has 0 saturated carbocycles. The van der Waals surface area contributed by atoms with Gasteiger partial charge in [0, 0.05) is 18.8 Å². The van der Waals surface area contributed by atoms with Crippen molar-refractivity contribution in [1.82, 2.24) is 10.2 Å². The van der Waals surface area contributed by atoms with E-state index in [1.807, 2.05) is 0 Å². The normalized spacial score (nSPS) is 17.7. The number of rotatable bonds is 3. The van der Waals surface area contributed by atoms with Crippen molar-refractivity contribution in [2.24, 2.45) is 0 Å². The molecule has 1 heterocycles. The van der Waals surface area contributed by atoms with Crippen LogP contribution < -0.4 is 16.4 Å². The maximum Gasteiger partial charge on any atom is 0.241 e. The van der Waals surface area contributed by atoms with Crippen molar-refractivity contribution in [2.75, 3.05) is 30.7 Å². The Morgan fingerprint density at radius 1 is 1.52 bits per heavy atom. The SMILES string of the molecule is CC(C(=O)Nc1cc(N)ccc1F)N1CCCNC(=O)C1. The molecule has 6 nitrogen and oxygen atoms in total. The smallest absolute Gasteiger partial charge is 0.241 e. The summed E-state index contributed by atoms with van der Waals surface area (Å²) in [5.41, 5.74) is 6.00. The van der Waals surface area contributed by atoms with Crippen LogP contribution >= 0.6 is 0 Å². The molecule has 1 fully saturated rings. The molecule has 21 heavy (non-hydrogen) atoms. The van der Waals surface area contributed by atoms with Crippen LogP contribution in [0.4, 0.5) is 15.8 Å². The van der Waals surface area contributed by atoms with Gasteiger partial charge in [0.1, 0.15) is 5.82 Å². The Bertz CT molecular complexity index is 550. The van der Waals surface area contributed by atoms with Gasteiger partial charge in [-0.25, -0.2) is 4.39 Å². The zero-order chi connectivity index (χ0) is 15.4. The topological polar surface area (TPSA) is 87.5 Å². The van der Waals surface area contributed by atoms with Gasteiger partial charge in [0.2, 0.25) is 11.8 Å². The highest BCUT2D eigenvalue weighted by Gasteiger charge is 2.25. The summed E-state index contributed by atoms with van der Waals surface area (Å²) in [7, 11) is 0. The Morgan fingerprint density at radius 3 is 3.05 bits per heavy atom. The first-order valence-corrected chi connectivity index (χ1v) is 6.84. The van der Waals surface area contributed by atoms with Crippen molar-refractivity contribution in [3.8, 4) is 0 Å². The molecule has 1 aliphatic rings. The Labute approximate surface area is 122 Å². The van der Waals surface area contributed by atoms with E-state index in [0.717, 1.165) is 6.42 Å². The van der Waals surface area contributed by atoms with E-state index >= 15 is 0 Å². The summed E-state index contributed by atoms with van der Waals surface area (Å²) in [6.07, 6.45) is 0.774. The van der Waals surface area contributed by atoms with Crippen LogP contribution in [0.25, 0.3) is 0 Å². The van der Waals surface area contributed by atoms with E-state index in [0.29, 0.717) is 18.8 Å². The summed E-state index contributed by atoms with van der Waals surface area (Å²) >= 11 is 0. The molecule has 0 aliphatic carbocycles. The monoisotopic (exact) mass is 294 g/mol. The van der Waals surface area contributed by atoms with Crippen LogP contribution in [0.15, 0.2) is 18.2 Å². The summed E-state index contributed by atoms with van der Waals surface area (Å²) in [6, 6.07) is 3.46. The molecule has 2 amide bonds. The summed E-state index contributed by atoms with van der Waals surface area (Å²) in [5, 5.41) is 5.26. The van der Waals surface area contributed by atoms with Gasteiger partial charge in [-0.2, -0.15) is 0 Å². The number of halogens is 1. The van der Waals surface area contributed by atoms with Crippen molar-refractivity contribution in [3.05, 3.63) is 24.0 Å². The number of amides is 2. The van der Waals surface area contributed by atoms with E-state index in [2.05, 4.69) is 10.6 Å². The number of hydrogen-bond donors (Lipinski definition) is 3. The molecule has 1 atom stereocenters. The minimum absolute atomic E-state index is 0.0473. The molecule has 2 rings (SSSR count). The highest BCUT2D eigenvalue weighted by atomic mass is 19.1. The first kappa shape index (κ1) is 15.2. The largest absolute Gasteiger partial charge is 0.399 e. The second kappa shape index (κ2) is 6.53. The number of nitrogens with zero attached hydrogens (tertiary/aromatic N) is 1. The lowest BCUT2D eigenvalue weighted by Gasteiger charge is -2.25. The Kier molecular flexibility index (Phi) is 4.74. The van der Waals surface area contributed by atoms with Gasteiger partial charge in [-0.15, -0.1) is 0 Å². The maximum atomic E-state index is 13.6. The summed E-state index contributed by atoms with van der Waals surface area (Å²) in [6.45, 7) is 3.09. The van der Waals surface area contributed by atoms with Crippen LogP contribution in [0.3, 0.4) is 0 Å². The third kappa shape index (κ3) is 3.91. The second-order valence-electron chi connectivity index (χ2n) is 5.08. The fraction of sp³-hybridized carbons (Fsp3) is 0.429. The van der Waals surface area contributed by atoms with Gasteiger partial charge in [0.15, 0.2) is 0 Å². The summed E-state index contributed by atoms with van der Waals surface area (Å²) in [4.78, 5) is 25.5. The molecule has 1 saturated heterocycles. The average Bonchev–Trinajstić information content (AvgIpc) is 2.66. The zero-order valence-corrected chi connectivity index (χ0v) is 11.9. The fourth-order valence-electron chi connectivity index (χ4n) is 2.20. The number of hydrogen-bond acceptors (Lipinski definition) is 4. The lowest BCUT2D eigenvalue weighted by molar-refractivity contribution is -0.124. The zero-order valence-electron chi connectivity index (χ0n) is 11.9. The Balaban J connectivity index is 2.04. The van der Waals surface area contributed by atoms with E-state index in [9.17, 15) is 14.0 Å². The predicted octanol–water partition coefficient (Wildman–Crippen LogP) is 0.557.